The van der Waals surface area contributed by atoms with Crippen LogP contribution in [-0.2, 0) is 9.59 Å². The highest BCUT2D eigenvalue weighted by Gasteiger charge is 2.17. The summed E-state index contributed by atoms with van der Waals surface area (Å²) in [6, 6.07) is 6.81. The topological polar surface area (TPSA) is 52.6 Å². The third-order valence-electron chi connectivity index (χ3n) is 4.03. The quantitative estimate of drug-likeness (QED) is 0.313. The maximum Gasteiger partial charge on any atom is 0.314 e. The molecule has 0 aromatic heterocycles. The molecule has 24 heavy (non-hydrogen) atoms. The molecule has 0 heterocycles. The smallest absolute Gasteiger partial charge is 0.314 e. The minimum absolute atomic E-state index is 0.183. The van der Waals surface area contributed by atoms with Gasteiger partial charge in [0.2, 0.25) is 0 Å². The van der Waals surface area contributed by atoms with Crippen LogP contribution in [0.4, 0.5) is 0 Å². The molecule has 0 saturated heterocycles. The second-order valence-corrected chi connectivity index (χ2v) is 6.17. The lowest BCUT2D eigenvalue weighted by Crippen LogP contribution is -2.18. The van der Waals surface area contributed by atoms with E-state index in [4.69, 9.17) is 9.47 Å². The van der Waals surface area contributed by atoms with Crippen molar-refractivity contribution >= 4 is 11.9 Å². The Kier molecular flexibility index (Phi) is 9.81. The van der Waals surface area contributed by atoms with Gasteiger partial charge in [-0.1, -0.05) is 65.0 Å². The molecule has 0 amide bonds. The molecule has 1 aromatic carbocycles. The van der Waals surface area contributed by atoms with Gasteiger partial charge in [0.15, 0.2) is 11.5 Å². The molecule has 4 heteroatoms. The summed E-state index contributed by atoms with van der Waals surface area (Å²) in [6.07, 6.45) is 7.81. The summed E-state index contributed by atoms with van der Waals surface area (Å²) in [7, 11) is 0. The monoisotopic (exact) mass is 334 g/mol. The number of hydrogen-bond acceptors (Lipinski definition) is 4. The van der Waals surface area contributed by atoms with Crippen LogP contribution in [0.1, 0.15) is 72.1 Å². The molecule has 1 unspecified atom stereocenters. The summed E-state index contributed by atoms with van der Waals surface area (Å²) in [5.74, 6) is -0.157. The van der Waals surface area contributed by atoms with Crippen molar-refractivity contribution in [2.24, 2.45) is 5.92 Å². The Balaban J connectivity index is 2.46. The van der Waals surface area contributed by atoms with Crippen molar-refractivity contribution in [1.29, 1.82) is 0 Å². The van der Waals surface area contributed by atoms with E-state index in [1.165, 1.54) is 19.3 Å². The normalized spacial score (nSPS) is 11.8. The number of ether oxygens (including phenoxy) is 2. The molecule has 0 aliphatic carbocycles. The van der Waals surface area contributed by atoms with E-state index in [-0.39, 0.29) is 17.9 Å². The van der Waals surface area contributed by atoms with Gasteiger partial charge in [-0.3, -0.25) is 9.59 Å². The lowest BCUT2D eigenvalue weighted by Gasteiger charge is -2.12. The van der Waals surface area contributed by atoms with Crippen LogP contribution in [0.15, 0.2) is 24.3 Å². The van der Waals surface area contributed by atoms with Gasteiger partial charge >= 0.3 is 11.9 Å². The molecule has 0 saturated carbocycles. The largest absolute Gasteiger partial charge is 0.423 e. The van der Waals surface area contributed by atoms with Crippen LogP contribution in [-0.4, -0.2) is 11.9 Å². The molecule has 0 N–H and O–H groups in total. The second kappa shape index (κ2) is 11.7. The van der Waals surface area contributed by atoms with Crippen LogP contribution in [0.5, 0.6) is 11.5 Å². The fourth-order valence-electron chi connectivity index (χ4n) is 2.22. The van der Waals surface area contributed by atoms with Gasteiger partial charge < -0.3 is 9.47 Å². The molecule has 4 nitrogen and oxygen atoms in total. The van der Waals surface area contributed by atoms with Crippen LogP contribution in [0.2, 0.25) is 0 Å². The summed E-state index contributed by atoms with van der Waals surface area (Å²) in [4.78, 5) is 23.9. The summed E-state index contributed by atoms with van der Waals surface area (Å²) < 4.78 is 10.7. The van der Waals surface area contributed by atoms with Gasteiger partial charge in [0, 0.05) is 6.42 Å². The number of rotatable bonds is 11. The lowest BCUT2D eigenvalue weighted by atomic mass is 10.1. The fourth-order valence-corrected chi connectivity index (χ4v) is 2.22. The third-order valence-corrected chi connectivity index (χ3v) is 4.03. The van der Waals surface area contributed by atoms with Crippen LogP contribution >= 0.6 is 0 Å². The van der Waals surface area contributed by atoms with E-state index in [0.29, 0.717) is 24.3 Å². The Labute approximate surface area is 145 Å². The van der Waals surface area contributed by atoms with Crippen molar-refractivity contribution < 1.29 is 19.1 Å². The van der Waals surface area contributed by atoms with Gasteiger partial charge in [0.1, 0.15) is 0 Å². The molecular formula is C20H30O4. The van der Waals surface area contributed by atoms with Gasteiger partial charge in [-0.25, -0.2) is 0 Å². The van der Waals surface area contributed by atoms with Crippen molar-refractivity contribution in [2.75, 3.05) is 0 Å². The molecule has 0 aliphatic heterocycles. The maximum absolute atomic E-state index is 12.0. The van der Waals surface area contributed by atoms with Gasteiger partial charge in [-0.15, -0.1) is 0 Å². The number of esters is 2. The molecule has 134 valence electrons. The van der Waals surface area contributed by atoms with Crippen molar-refractivity contribution in [3.63, 3.8) is 0 Å². The molecule has 0 spiro atoms. The van der Waals surface area contributed by atoms with E-state index >= 15 is 0 Å². The average Bonchev–Trinajstić information content (AvgIpc) is 2.58. The third kappa shape index (κ3) is 7.62. The summed E-state index contributed by atoms with van der Waals surface area (Å²) in [6.45, 7) is 5.93. The molecule has 0 bridgehead atoms. The number of hydrogen-bond donors (Lipinski definition) is 0. The first-order chi connectivity index (χ1) is 11.6. The summed E-state index contributed by atoms with van der Waals surface area (Å²) in [5.41, 5.74) is 0. The van der Waals surface area contributed by atoms with Crippen LogP contribution in [0.25, 0.3) is 0 Å². The van der Waals surface area contributed by atoms with E-state index < -0.39 is 0 Å². The second-order valence-electron chi connectivity index (χ2n) is 6.17. The van der Waals surface area contributed by atoms with Gasteiger partial charge in [-0.05, 0) is 25.0 Å². The SMILES string of the molecule is CCCCCCCCC(=O)Oc1ccccc1OC(=O)C(C)CC. The molecular weight excluding hydrogens is 304 g/mol. The standard InChI is InChI=1S/C20H30O4/c1-4-6-7-8-9-10-15-19(21)23-17-13-11-12-14-18(17)24-20(22)16(3)5-2/h11-14,16H,4-10,15H2,1-3H3. The zero-order valence-corrected chi connectivity index (χ0v) is 15.2. The van der Waals surface area contributed by atoms with Crippen LogP contribution < -0.4 is 9.47 Å². The molecule has 1 rings (SSSR count). The Hall–Kier alpha value is -1.84. The number of carbonyl (C=O) groups excluding carboxylic acids is 2. The van der Waals surface area contributed by atoms with E-state index in [2.05, 4.69) is 6.92 Å². The number of benzene rings is 1. The maximum atomic E-state index is 12.0. The van der Waals surface area contributed by atoms with E-state index in [9.17, 15) is 9.59 Å². The predicted molar refractivity (Wildman–Crippen MR) is 95.2 cm³/mol. The fraction of sp³-hybridized carbons (Fsp3) is 0.600. The average molecular weight is 334 g/mol. The van der Waals surface area contributed by atoms with Crippen molar-refractivity contribution in [3.05, 3.63) is 24.3 Å². The van der Waals surface area contributed by atoms with Gasteiger partial charge in [-0.2, -0.15) is 0 Å². The first-order valence-corrected chi connectivity index (χ1v) is 9.09. The van der Waals surface area contributed by atoms with E-state index in [0.717, 1.165) is 19.3 Å². The van der Waals surface area contributed by atoms with Crippen molar-refractivity contribution in [1.82, 2.24) is 0 Å². The highest BCUT2D eigenvalue weighted by molar-refractivity contribution is 5.77. The predicted octanol–water partition coefficient (Wildman–Crippen LogP) is 5.29. The Bertz CT molecular complexity index is 510. The zero-order chi connectivity index (χ0) is 17.8. The zero-order valence-electron chi connectivity index (χ0n) is 15.2. The van der Waals surface area contributed by atoms with Crippen LogP contribution in [0.3, 0.4) is 0 Å². The van der Waals surface area contributed by atoms with Gasteiger partial charge in [0.25, 0.3) is 0 Å². The van der Waals surface area contributed by atoms with Crippen molar-refractivity contribution in [3.8, 4) is 11.5 Å². The highest BCUT2D eigenvalue weighted by atomic mass is 16.6. The number of para-hydroxylation sites is 2. The first-order valence-electron chi connectivity index (χ1n) is 9.09. The minimum atomic E-state index is -0.308. The van der Waals surface area contributed by atoms with Crippen molar-refractivity contribution in [2.45, 2.75) is 72.1 Å². The first kappa shape index (κ1) is 20.2. The van der Waals surface area contributed by atoms with E-state index in [1.807, 2.05) is 13.8 Å². The van der Waals surface area contributed by atoms with Gasteiger partial charge in [0.05, 0.1) is 5.92 Å². The molecule has 0 fully saturated rings. The Morgan fingerprint density at radius 1 is 0.917 bits per heavy atom. The summed E-state index contributed by atoms with van der Waals surface area (Å²) >= 11 is 0. The Morgan fingerprint density at radius 3 is 2.12 bits per heavy atom. The molecule has 0 radical (unpaired) electrons. The highest BCUT2D eigenvalue weighted by Crippen LogP contribution is 2.28. The molecule has 1 aromatic rings. The summed E-state index contributed by atoms with van der Waals surface area (Å²) in [5, 5.41) is 0. The Morgan fingerprint density at radius 2 is 1.50 bits per heavy atom. The molecule has 0 aliphatic rings. The number of unbranched alkanes of at least 4 members (excludes halogenated alkanes) is 5. The van der Waals surface area contributed by atoms with E-state index in [1.54, 1.807) is 24.3 Å². The minimum Gasteiger partial charge on any atom is -0.423 e. The molecule has 1 atom stereocenters. The van der Waals surface area contributed by atoms with Crippen LogP contribution in [0, 0.1) is 5.92 Å². The number of carbonyl (C=O) groups is 2. The lowest BCUT2D eigenvalue weighted by molar-refractivity contribution is -0.139.